The second-order valence-corrected chi connectivity index (χ2v) is 7.72. The van der Waals surface area contributed by atoms with Crippen LogP contribution in [0.3, 0.4) is 0 Å². The molecule has 0 radical (unpaired) electrons. The molecule has 2 aromatic heterocycles. The lowest BCUT2D eigenvalue weighted by atomic mass is 10.1. The maximum Gasteiger partial charge on any atom is 0.250 e. The summed E-state index contributed by atoms with van der Waals surface area (Å²) >= 11 is 1.65. The summed E-state index contributed by atoms with van der Waals surface area (Å²) in [6.07, 6.45) is 9.17. The van der Waals surface area contributed by atoms with Crippen molar-refractivity contribution in [2.75, 3.05) is 41.4 Å². The lowest BCUT2D eigenvalue weighted by Gasteiger charge is -2.30. The Balaban J connectivity index is 1.56. The molecule has 0 bridgehead atoms. The molecule has 8 heteroatoms. The number of hydrogen-bond acceptors (Lipinski definition) is 8. The van der Waals surface area contributed by atoms with Crippen molar-refractivity contribution < 1.29 is 0 Å². The van der Waals surface area contributed by atoms with Gasteiger partial charge in [0.1, 0.15) is 0 Å². The monoisotopic (exact) mass is 371 g/mol. The van der Waals surface area contributed by atoms with E-state index in [1.54, 1.807) is 17.6 Å². The van der Waals surface area contributed by atoms with E-state index in [1.807, 2.05) is 17.5 Å². The fourth-order valence-electron chi connectivity index (χ4n) is 3.39. The van der Waals surface area contributed by atoms with Gasteiger partial charge in [0, 0.05) is 31.1 Å². The average Bonchev–Trinajstić information content (AvgIpc) is 3.23. The normalized spacial score (nSPS) is 18.5. The largest absolute Gasteiger partial charge is 0.341 e. The maximum atomic E-state index is 4.78. The van der Waals surface area contributed by atoms with Gasteiger partial charge in [-0.25, -0.2) is 5.43 Å². The smallest absolute Gasteiger partial charge is 0.250 e. The van der Waals surface area contributed by atoms with E-state index in [9.17, 15) is 0 Å². The van der Waals surface area contributed by atoms with E-state index in [2.05, 4.69) is 30.3 Å². The topological polar surface area (TPSA) is 69.5 Å². The second kappa shape index (κ2) is 8.44. The number of thiophene rings is 1. The Hall–Kier alpha value is -2.22. The first-order valence-electron chi connectivity index (χ1n) is 9.47. The van der Waals surface area contributed by atoms with Gasteiger partial charge in [-0.05, 0) is 50.0 Å². The van der Waals surface area contributed by atoms with Gasteiger partial charge in [0.05, 0.1) is 6.21 Å². The lowest BCUT2D eigenvalue weighted by Crippen LogP contribution is -2.34. The van der Waals surface area contributed by atoms with Crippen molar-refractivity contribution >= 4 is 35.4 Å². The van der Waals surface area contributed by atoms with Gasteiger partial charge in [-0.2, -0.15) is 20.1 Å². The van der Waals surface area contributed by atoms with E-state index in [4.69, 9.17) is 4.98 Å². The zero-order chi connectivity index (χ0) is 17.6. The number of aromatic nitrogens is 3. The molecule has 2 aliphatic rings. The highest BCUT2D eigenvalue weighted by Crippen LogP contribution is 2.22. The molecule has 4 heterocycles. The van der Waals surface area contributed by atoms with Crippen molar-refractivity contribution in [1.29, 1.82) is 0 Å². The Morgan fingerprint density at radius 1 is 0.885 bits per heavy atom. The third kappa shape index (κ3) is 4.30. The minimum atomic E-state index is 0.522. The Morgan fingerprint density at radius 2 is 1.50 bits per heavy atom. The van der Waals surface area contributed by atoms with E-state index < -0.39 is 0 Å². The van der Waals surface area contributed by atoms with E-state index in [1.165, 1.54) is 38.5 Å². The van der Waals surface area contributed by atoms with Crippen LogP contribution in [-0.4, -0.2) is 47.3 Å². The van der Waals surface area contributed by atoms with Crippen LogP contribution in [0.4, 0.5) is 17.8 Å². The highest BCUT2D eigenvalue weighted by atomic mass is 32.1. The van der Waals surface area contributed by atoms with Crippen LogP contribution >= 0.6 is 11.3 Å². The van der Waals surface area contributed by atoms with Crippen molar-refractivity contribution in [2.24, 2.45) is 5.10 Å². The second-order valence-electron chi connectivity index (χ2n) is 6.74. The first-order chi connectivity index (χ1) is 12.9. The van der Waals surface area contributed by atoms with Gasteiger partial charge in [0.25, 0.3) is 0 Å². The van der Waals surface area contributed by atoms with Crippen LogP contribution in [0.5, 0.6) is 0 Å². The quantitative estimate of drug-likeness (QED) is 0.642. The molecule has 4 rings (SSSR count). The molecule has 0 amide bonds. The number of nitrogens with one attached hydrogen (secondary N) is 1. The summed E-state index contributed by atoms with van der Waals surface area (Å²) in [7, 11) is 0. The number of rotatable bonds is 5. The molecule has 0 aromatic carbocycles. The van der Waals surface area contributed by atoms with Gasteiger partial charge < -0.3 is 9.80 Å². The highest BCUT2D eigenvalue weighted by Gasteiger charge is 2.20. The molecular formula is C18H25N7S. The van der Waals surface area contributed by atoms with E-state index in [0.29, 0.717) is 5.95 Å². The standard InChI is InChI=1S/C18H25N7S/c1-3-9-24(10-4-1)17-20-16(23-19-14-15-8-7-13-26-15)21-18(22-17)25-11-5-2-6-12-25/h7-8,13-14H,1-6,9-12H2,(H,20,21,22,23)/b19-14+. The van der Waals surface area contributed by atoms with Crippen molar-refractivity contribution in [3.05, 3.63) is 22.4 Å². The Morgan fingerprint density at radius 3 is 2.04 bits per heavy atom. The Bertz CT molecular complexity index is 683. The molecule has 0 spiro atoms. The molecule has 0 aliphatic carbocycles. The molecule has 7 nitrogen and oxygen atoms in total. The Labute approximate surface area is 158 Å². The first kappa shape index (κ1) is 17.2. The van der Waals surface area contributed by atoms with Crippen LogP contribution in [0, 0.1) is 0 Å². The SMILES string of the molecule is C(=N\Nc1nc(N2CCCCC2)nc(N2CCCCC2)n1)/c1cccs1. The van der Waals surface area contributed by atoms with Gasteiger partial charge in [-0.3, -0.25) is 0 Å². The number of hydrazone groups is 1. The predicted octanol–water partition coefficient (Wildman–Crippen LogP) is 3.36. The average molecular weight is 372 g/mol. The van der Waals surface area contributed by atoms with Gasteiger partial charge >= 0.3 is 0 Å². The van der Waals surface area contributed by atoms with Gasteiger partial charge in [-0.15, -0.1) is 11.3 Å². The summed E-state index contributed by atoms with van der Waals surface area (Å²) in [6, 6.07) is 4.04. The van der Waals surface area contributed by atoms with Crippen molar-refractivity contribution in [3.8, 4) is 0 Å². The summed E-state index contributed by atoms with van der Waals surface area (Å²) < 4.78 is 0. The fourth-order valence-corrected chi connectivity index (χ4v) is 3.98. The molecule has 2 aromatic rings. The van der Waals surface area contributed by atoms with Gasteiger partial charge in [0.2, 0.25) is 17.8 Å². The van der Waals surface area contributed by atoms with Crippen LogP contribution in [-0.2, 0) is 0 Å². The van der Waals surface area contributed by atoms with Crippen LogP contribution < -0.4 is 15.2 Å². The van der Waals surface area contributed by atoms with Gasteiger partial charge in [0.15, 0.2) is 0 Å². The van der Waals surface area contributed by atoms with E-state index in [-0.39, 0.29) is 0 Å². The lowest BCUT2D eigenvalue weighted by molar-refractivity contribution is 0.556. The van der Waals surface area contributed by atoms with Crippen LogP contribution in [0.1, 0.15) is 43.4 Å². The van der Waals surface area contributed by atoms with Crippen molar-refractivity contribution in [2.45, 2.75) is 38.5 Å². The summed E-state index contributed by atoms with van der Waals surface area (Å²) in [5, 5.41) is 6.34. The molecular weight excluding hydrogens is 346 g/mol. The molecule has 1 N–H and O–H groups in total. The summed E-state index contributed by atoms with van der Waals surface area (Å²) in [4.78, 5) is 19.7. The number of piperidine rings is 2. The summed E-state index contributed by atoms with van der Waals surface area (Å²) in [5.41, 5.74) is 3.00. The van der Waals surface area contributed by atoms with Crippen molar-refractivity contribution in [3.63, 3.8) is 0 Å². The zero-order valence-electron chi connectivity index (χ0n) is 15.0. The van der Waals surface area contributed by atoms with Gasteiger partial charge in [-0.1, -0.05) is 6.07 Å². The van der Waals surface area contributed by atoms with Crippen LogP contribution in [0.25, 0.3) is 0 Å². The van der Waals surface area contributed by atoms with Crippen molar-refractivity contribution in [1.82, 2.24) is 15.0 Å². The minimum Gasteiger partial charge on any atom is -0.341 e. The predicted molar refractivity (Wildman–Crippen MR) is 107 cm³/mol. The maximum absolute atomic E-state index is 4.78. The number of hydrogen-bond donors (Lipinski definition) is 1. The summed E-state index contributed by atoms with van der Waals surface area (Å²) in [5.74, 6) is 2.07. The first-order valence-corrected chi connectivity index (χ1v) is 10.3. The molecule has 2 aliphatic heterocycles. The molecule has 2 saturated heterocycles. The summed E-state index contributed by atoms with van der Waals surface area (Å²) in [6.45, 7) is 4.06. The zero-order valence-corrected chi connectivity index (χ0v) is 15.8. The number of anilines is 3. The molecule has 0 unspecified atom stereocenters. The molecule has 138 valence electrons. The van der Waals surface area contributed by atoms with Crippen LogP contribution in [0.2, 0.25) is 0 Å². The Kier molecular flexibility index (Phi) is 5.59. The minimum absolute atomic E-state index is 0.522. The third-order valence-electron chi connectivity index (χ3n) is 4.79. The van der Waals surface area contributed by atoms with E-state index >= 15 is 0 Å². The molecule has 26 heavy (non-hydrogen) atoms. The fraction of sp³-hybridized carbons (Fsp3) is 0.556. The highest BCUT2D eigenvalue weighted by molar-refractivity contribution is 7.11. The van der Waals surface area contributed by atoms with Crippen LogP contribution in [0.15, 0.2) is 22.6 Å². The molecule has 0 atom stereocenters. The number of nitrogens with zero attached hydrogens (tertiary/aromatic N) is 6. The molecule has 0 saturated carbocycles. The third-order valence-corrected chi connectivity index (χ3v) is 5.60. The molecule has 2 fully saturated rings. The van der Waals surface area contributed by atoms with E-state index in [0.717, 1.165) is 43.0 Å².